The minimum Gasteiger partial charge on any atom is -0.159 e. The molecule has 0 atom stereocenters. The minimum absolute atomic E-state index is 0.423. The fourth-order valence-corrected chi connectivity index (χ4v) is 2.27. The molecular formula is C9H20S2. The first kappa shape index (κ1) is 11.7. The lowest BCUT2D eigenvalue weighted by Crippen LogP contribution is -2.27. The van der Waals surface area contributed by atoms with Gasteiger partial charge in [-0.1, -0.05) is 27.7 Å². The average molecular weight is 192 g/mol. The van der Waals surface area contributed by atoms with Gasteiger partial charge in [0.05, 0.1) is 0 Å². The summed E-state index contributed by atoms with van der Waals surface area (Å²) in [5.74, 6) is 0. The maximum absolute atomic E-state index is 2.32. The summed E-state index contributed by atoms with van der Waals surface area (Å²) >= 11 is 3.91. The van der Waals surface area contributed by atoms with Crippen LogP contribution in [0.2, 0.25) is 0 Å². The van der Waals surface area contributed by atoms with Gasteiger partial charge in [-0.2, -0.15) is 23.5 Å². The molecule has 11 heavy (non-hydrogen) atoms. The molecule has 0 aromatic carbocycles. The predicted octanol–water partition coefficient (Wildman–Crippen LogP) is 3.66. The van der Waals surface area contributed by atoms with Crippen LogP contribution < -0.4 is 0 Å². The Bertz CT molecular complexity index is 103. The van der Waals surface area contributed by atoms with Crippen LogP contribution in [0.5, 0.6) is 0 Å². The second-order valence-corrected chi connectivity index (χ2v) is 7.13. The van der Waals surface area contributed by atoms with E-state index in [9.17, 15) is 0 Å². The Hall–Kier alpha value is 0.700. The van der Waals surface area contributed by atoms with Crippen molar-refractivity contribution in [2.24, 2.45) is 0 Å². The summed E-state index contributed by atoms with van der Waals surface area (Å²) in [6, 6.07) is 0. The van der Waals surface area contributed by atoms with Crippen LogP contribution in [0.15, 0.2) is 0 Å². The zero-order valence-corrected chi connectivity index (χ0v) is 10.2. The second kappa shape index (κ2) is 4.08. The van der Waals surface area contributed by atoms with Gasteiger partial charge in [-0.3, -0.25) is 0 Å². The summed E-state index contributed by atoms with van der Waals surface area (Å²) in [6.07, 6.45) is 5.65. The van der Waals surface area contributed by atoms with Crippen LogP contribution in [-0.4, -0.2) is 22.0 Å². The van der Waals surface area contributed by atoms with Crippen molar-refractivity contribution < 1.29 is 0 Å². The van der Waals surface area contributed by atoms with Gasteiger partial charge in [-0.05, 0) is 18.9 Å². The van der Waals surface area contributed by atoms with Gasteiger partial charge in [0.2, 0.25) is 0 Å². The Kier molecular flexibility index (Phi) is 4.34. The van der Waals surface area contributed by atoms with Gasteiger partial charge in [-0.25, -0.2) is 0 Å². The van der Waals surface area contributed by atoms with E-state index in [1.807, 2.05) is 23.5 Å². The molecule has 0 radical (unpaired) electrons. The highest BCUT2D eigenvalue weighted by atomic mass is 32.2. The largest absolute Gasteiger partial charge is 0.159 e. The molecule has 0 aliphatic carbocycles. The van der Waals surface area contributed by atoms with E-state index in [1.54, 1.807) is 0 Å². The summed E-state index contributed by atoms with van der Waals surface area (Å²) in [7, 11) is 0. The van der Waals surface area contributed by atoms with Crippen LogP contribution in [0.25, 0.3) is 0 Å². The van der Waals surface area contributed by atoms with Crippen molar-refractivity contribution in [3.8, 4) is 0 Å². The van der Waals surface area contributed by atoms with E-state index in [4.69, 9.17) is 0 Å². The molecular weight excluding hydrogens is 172 g/mol. The molecule has 0 amide bonds. The van der Waals surface area contributed by atoms with E-state index in [-0.39, 0.29) is 0 Å². The molecule has 0 aromatic heterocycles. The van der Waals surface area contributed by atoms with Crippen molar-refractivity contribution >= 4 is 23.5 Å². The quantitative estimate of drug-likeness (QED) is 0.667. The fraction of sp³-hybridized carbons (Fsp3) is 1.00. The van der Waals surface area contributed by atoms with Gasteiger partial charge >= 0.3 is 0 Å². The molecule has 0 bridgehead atoms. The summed E-state index contributed by atoms with van der Waals surface area (Å²) in [6.45, 7) is 9.26. The van der Waals surface area contributed by atoms with Gasteiger partial charge in [0.15, 0.2) is 0 Å². The predicted molar refractivity (Wildman–Crippen MR) is 59.8 cm³/mol. The summed E-state index contributed by atoms with van der Waals surface area (Å²) in [5, 5.41) is 0. The molecule has 0 saturated heterocycles. The van der Waals surface area contributed by atoms with E-state index in [0.29, 0.717) is 9.49 Å². The van der Waals surface area contributed by atoms with E-state index in [2.05, 4.69) is 40.2 Å². The second-order valence-electron chi connectivity index (χ2n) is 4.10. The maximum Gasteiger partial charge on any atom is 0.0113 e. The third-order valence-electron chi connectivity index (χ3n) is 1.96. The normalized spacial score (nSPS) is 13.6. The highest BCUT2D eigenvalue weighted by Crippen LogP contribution is 2.36. The standard InChI is InChI=1S/C9H20S2/c1-8(2,10-5)7-9(3,4)11-6/h7H2,1-6H3. The van der Waals surface area contributed by atoms with Crippen LogP contribution in [0.1, 0.15) is 34.1 Å². The fourth-order valence-electron chi connectivity index (χ4n) is 1.17. The smallest absolute Gasteiger partial charge is 0.0113 e. The summed E-state index contributed by atoms with van der Waals surface area (Å²) in [5.41, 5.74) is 0. The average Bonchev–Trinajstić information content (AvgIpc) is 1.86. The van der Waals surface area contributed by atoms with Crippen LogP contribution in [0.4, 0.5) is 0 Å². The first-order chi connectivity index (χ1) is 4.83. The van der Waals surface area contributed by atoms with Crippen molar-refractivity contribution in [3.63, 3.8) is 0 Å². The molecule has 0 heterocycles. The Morgan fingerprint density at radius 1 is 0.818 bits per heavy atom. The Labute approximate surface area is 79.9 Å². The molecule has 68 valence electrons. The van der Waals surface area contributed by atoms with E-state index < -0.39 is 0 Å². The van der Waals surface area contributed by atoms with E-state index in [1.165, 1.54) is 6.42 Å². The molecule has 0 nitrogen and oxygen atoms in total. The Morgan fingerprint density at radius 3 is 1.27 bits per heavy atom. The third-order valence-corrected chi connectivity index (χ3v) is 4.46. The molecule has 0 spiro atoms. The van der Waals surface area contributed by atoms with Crippen LogP contribution in [-0.2, 0) is 0 Å². The van der Waals surface area contributed by atoms with Gasteiger partial charge in [0.25, 0.3) is 0 Å². The minimum atomic E-state index is 0.423. The highest BCUT2D eigenvalue weighted by Gasteiger charge is 2.26. The number of rotatable bonds is 4. The molecule has 0 N–H and O–H groups in total. The van der Waals surface area contributed by atoms with Crippen LogP contribution >= 0.6 is 23.5 Å². The lowest BCUT2D eigenvalue weighted by atomic mass is 9.99. The number of thioether (sulfide) groups is 2. The number of hydrogen-bond donors (Lipinski definition) is 0. The summed E-state index contributed by atoms with van der Waals surface area (Å²) < 4.78 is 0.846. The molecule has 0 aliphatic heterocycles. The molecule has 0 saturated carbocycles. The molecule has 0 rings (SSSR count). The topological polar surface area (TPSA) is 0 Å². The zero-order valence-electron chi connectivity index (χ0n) is 8.52. The number of hydrogen-bond acceptors (Lipinski definition) is 2. The zero-order chi connectivity index (χ0) is 9.12. The lowest BCUT2D eigenvalue weighted by Gasteiger charge is -2.32. The van der Waals surface area contributed by atoms with E-state index in [0.717, 1.165) is 0 Å². The van der Waals surface area contributed by atoms with Crippen molar-refractivity contribution in [2.75, 3.05) is 12.5 Å². The molecule has 0 fully saturated rings. The van der Waals surface area contributed by atoms with Crippen molar-refractivity contribution in [3.05, 3.63) is 0 Å². The van der Waals surface area contributed by atoms with Gasteiger partial charge in [0, 0.05) is 9.49 Å². The highest BCUT2D eigenvalue weighted by molar-refractivity contribution is 8.00. The van der Waals surface area contributed by atoms with Crippen molar-refractivity contribution in [1.82, 2.24) is 0 Å². The molecule has 0 aliphatic rings. The monoisotopic (exact) mass is 192 g/mol. The van der Waals surface area contributed by atoms with Crippen molar-refractivity contribution in [2.45, 2.75) is 43.6 Å². The Balaban J connectivity index is 4.02. The van der Waals surface area contributed by atoms with Crippen LogP contribution in [0.3, 0.4) is 0 Å². The summed E-state index contributed by atoms with van der Waals surface area (Å²) in [4.78, 5) is 0. The third kappa shape index (κ3) is 5.02. The van der Waals surface area contributed by atoms with Gasteiger partial charge < -0.3 is 0 Å². The van der Waals surface area contributed by atoms with E-state index >= 15 is 0 Å². The van der Waals surface area contributed by atoms with Crippen LogP contribution in [0, 0.1) is 0 Å². The maximum atomic E-state index is 2.32. The molecule has 2 heteroatoms. The first-order valence-electron chi connectivity index (χ1n) is 3.93. The SMILES string of the molecule is CSC(C)(C)CC(C)(C)SC. The van der Waals surface area contributed by atoms with Gasteiger partial charge in [0.1, 0.15) is 0 Å². The van der Waals surface area contributed by atoms with Crippen molar-refractivity contribution in [1.29, 1.82) is 0 Å². The molecule has 0 unspecified atom stereocenters. The first-order valence-corrected chi connectivity index (χ1v) is 6.38. The lowest BCUT2D eigenvalue weighted by molar-refractivity contribution is 0.542. The van der Waals surface area contributed by atoms with Gasteiger partial charge in [-0.15, -0.1) is 0 Å². The Morgan fingerprint density at radius 2 is 1.09 bits per heavy atom. The molecule has 0 aromatic rings.